The van der Waals surface area contributed by atoms with E-state index in [4.69, 9.17) is 16.3 Å². The molecule has 0 aliphatic carbocycles. The van der Waals surface area contributed by atoms with Gasteiger partial charge in [-0.05, 0) is 24.3 Å². The smallest absolute Gasteiger partial charge is 0.417 e. The molecule has 0 radical (unpaired) electrons. The van der Waals surface area contributed by atoms with Gasteiger partial charge in [-0.1, -0.05) is 11.6 Å². The number of nitrogens with one attached hydrogen (secondary N) is 2. The molecule has 0 atom stereocenters. The highest BCUT2D eigenvalue weighted by molar-refractivity contribution is 6.31. The lowest BCUT2D eigenvalue weighted by Crippen LogP contribution is -2.20. The van der Waals surface area contributed by atoms with E-state index in [2.05, 4.69) is 10.6 Å². The zero-order chi connectivity index (χ0) is 19.5. The molecule has 2 rings (SSSR count). The summed E-state index contributed by atoms with van der Waals surface area (Å²) in [6.07, 6.45) is -4.67. The zero-order valence-corrected chi connectivity index (χ0v) is 13.8. The normalized spacial score (nSPS) is 11.0. The maximum absolute atomic E-state index is 12.8. The van der Waals surface area contributed by atoms with Crippen molar-refractivity contribution in [3.05, 3.63) is 57.1 Å². The van der Waals surface area contributed by atoms with Crippen molar-refractivity contribution in [1.82, 2.24) is 0 Å². The summed E-state index contributed by atoms with van der Waals surface area (Å²) in [5, 5.41) is 14.8. The van der Waals surface area contributed by atoms with Crippen molar-refractivity contribution >= 4 is 34.7 Å². The van der Waals surface area contributed by atoms with Gasteiger partial charge in [0.25, 0.3) is 5.69 Å². The minimum absolute atomic E-state index is 0.0152. The number of hydrogen-bond acceptors (Lipinski definition) is 4. The number of benzene rings is 2. The number of carbonyl (C=O) groups excluding carboxylic acids is 1. The van der Waals surface area contributed by atoms with Gasteiger partial charge in [-0.25, -0.2) is 4.79 Å². The molecule has 2 aromatic carbocycles. The Hall–Kier alpha value is -3.01. The first-order valence-corrected chi connectivity index (χ1v) is 7.27. The highest BCUT2D eigenvalue weighted by Crippen LogP contribution is 2.36. The molecule has 2 N–H and O–H groups in total. The summed E-state index contributed by atoms with van der Waals surface area (Å²) in [4.78, 5) is 22.1. The third-order valence-corrected chi connectivity index (χ3v) is 3.50. The largest absolute Gasteiger partial charge is 0.494 e. The van der Waals surface area contributed by atoms with Gasteiger partial charge < -0.3 is 15.4 Å². The van der Waals surface area contributed by atoms with Crippen LogP contribution in [0, 0.1) is 10.1 Å². The van der Waals surface area contributed by atoms with Gasteiger partial charge >= 0.3 is 12.2 Å². The molecule has 11 heteroatoms. The first kappa shape index (κ1) is 19.3. The van der Waals surface area contributed by atoms with Gasteiger partial charge in [-0.15, -0.1) is 0 Å². The number of urea groups is 1. The number of ether oxygens (including phenoxy) is 1. The molecule has 0 aliphatic heterocycles. The fourth-order valence-electron chi connectivity index (χ4n) is 2.00. The Morgan fingerprint density at radius 2 is 1.88 bits per heavy atom. The third kappa shape index (κ3) is 4.54. The van der Waals surface area contributed by atoms with Gasteiger partial charge in [0.1, 0.15) is 5.75 Å². The number of hydrogen-bond donors (Lipinski definition) is 2. The predicted molar refractivity (Wildman–Crippen MR) is 88.7 cm³/mol. The Balaban J connectivity index is 2.18. The lowest BCUT2D eigenvalue weighted by Gasteiger charge is -2.13. The molecular weight excluding hydrogens is 379 g/mol. The minimum atomic E-state index is -4.67. The SMILES string of the molecule is COc1cc([N+](=O)[O-])ccc1NC(=O)Nc1ccc(Cl)c(C(F)(F)F)c1. The molecule has 0 unspecified atom stereocenters. The van der Waals surface area contributed by atoms with Crippen molar-refractivity contribution in [2.24, 2.45) is 0 Å². The molecule has 138 valence electrons. The van der Waals surface area contributed by atoms with Crippen LogP contribution in [0.3, 0.4) is 0 Å². The standard InChI is InChI=1S/C15H11ClF3N3O4/c1-26-13-7-9(22(24)25)3-5-12(13)21-14(23)20-8-2-4-11(16)10(6-8)15(17,18)19/h2-7H,1H3,(H2,20,21,23). The fourth-order valence-corrected chi connectivity index (χ4v) is 2.23. The van der Waals surface area contributed by atoms with Crippen LogP contribution in [0.1, 0.15) is 5.56 Å². The number of carbonyl (C=O) groups is 1. The van der Waals surface area contributed by atoms with E-state index < -0.39 is 27.7 Å². The van der Waals surface area contributed by atoms with E-state index >= 15 is 0 Å². The van der Waals surface area contributed by atoms with Crippen molar-refractivity contribution in [2.45, 2.75) is 6.18 Å². The molecule has 0 spiro atoms. The van der Waals surface area contributed by atoms with Gasteiger partial charge in [0, 0.05) is 11.8 Å². The number of amides is 2. The Bertz CT molecular complexity index is 859. The van der Waals surface area contributed by atoms with E-state index in [0.29, 0.717) is 6.07 Å². The Morgan fingerprint density at radius 3 is 2.46 bits per heavy atom. The van der Waals surface area contributed by atoms with E-state index in [1.54, 1.807) is 0 Å². The number of methoxy groups -OCH3 is 1. The second-order valence-corrected chi connectivity index (χ2v) is 5.32. The Morgan fingerprint density at radius 1 is 1.19 bits per heavy atom. The molecule has 0 bridgehead atoms. The molecule has 2 aromatic rings. The molecule has 0 aliphatic rings. The summed E-state index contributed by atoms with van der Waals surface area (Å²) in [7, 11) is 1.25. The molecular formula is C15H11ClF3N3O4. The first-order valence-electron chi connectivity index (χ1n) is 6.89. The molecule has 0 saturated heterocycles. The average Bonchev–Trinajstić information content (AvgIpc) is 2.55. The number of alkyl halides is 3. The van der Waals surface area contributed by atoms with Crippen LogP contribution in [-0.2, 0) is 6.18 Å². The van der Waals surface area contributed by atoms with Crippen LogP contribution in [0.5, 0.6) is 5.75 Å². The Labute approximate surface area is 149 Å². The maximum atomic E-state index is 12.8. The van der Waals surface area contributed by atoms with Gasteiger partial charge in [0.15, 0.2) is 0 Å². The molecule has 26 heavy (non-hydrogen) atoms. The molecule has 2 amide bonds. The molecule has 0 heterocycles. The van der Waals surface area contributed by atoms with Crippen LogP contribution in [0.25, 0.3) is 0 Å². The van der Waals surface area contributed by atoms with Crippen molar-refractivity contribution in [1.29, 1.82) is 0 Å². The van der Waals surface area contributed by atoms with Crippen LogP contribution in [0.4, 0.5) is 35.0 Å². The van der Waals surface area contributed by atoms with Crippen molar-refractivity contribution < 1.29 is 27.6 Å². The first-order chi connectivity index (χ1) is 12.1. The molecule has 0 saturated carbocycles. The van der Waals surface area contributed by atoms with Gasteiger partial charge in [0.2, 0.25) is 0 Å². The number of nitro groups is 1. The van der Waals surface area contributed by atoms with Gasteiger partial charge in [0.05, 0.1) is 34.4 Å². The summed E-state index contributed by atoms with van der Waals surface area (Å²) >= 11 is 5.51. The van der Waals surface area contributed by atoms with E-state index in [1.807, 2.05) is 0 Å². The van der Waals surface area contributed by atoms with Gasteiger partial charge in [-0.2, -0.15) is 13.2 Å². The van der Waals surface area contributed by atoms with E-state index in [-0.39, 0.29) is 22.8 Å². The van der Waals surface area contributed by atoms with Crippen LogP contribution >= 0.6 is 11.6 Å². The van der Waals surface area contributed by atoms with E-state index in [9.17, 15) is 28.1 Å². The third-order valence-electron chi connectivity index (χ3n) is 3.17. The van der Waals surface area contributed by atoms with Crippen LogP contribution in [0.15, 0.2) is 36.4 Å². The number of nitro benzene ring substituents is 1. The highest BCUT2D eigenvalue weighted by atomic mass is 35.5. The van der Waals surface area contributed by atoms with E-state index in [1.165, 1.54) is 19.2 Å². The summed E-state index contributed by atoms with van der Waals surface area (Å²) < 4.78 is 43.4. The summed E-state index contributed by atoms with van der Waals surface area (Å²) in [6.45, 7) is 0. The van der Waals surface area contributed by atoms with Crippen molar-refractivity contribution in [3.8, 4) is 5.75 Å². The monoisotopic (exact) mass is 389 g/mol. The summed E-state index contributed by atoms with van der Waals surface area (Å²) in [5.74, 6) is 0.0152. The maximum Gasteiger partial charge on any atom is 0.417 e. The lowest BCUT2D eigenvalue weighted by molar-refractivity contribution is -0.384. The second-order valence-electron chi connectivity index (χ2n) is 4.91. The average molecular weight is 390 g/mol. The van der Waals surface area contributed by atoms with Crippen LogP contribution in [0.2, 0.25) is 5.02 Å². The number of non-ortho nitro benzene ring substituents is 1. The van der Waals surface area contributed by atoms with Crippen molar-refractivity contribution in [2.75, 3.05) is 17.7 Å². The fraction of sp³-hybridized carbons (Fsp3) is 0.133. The number of anilines is 2. The van der Waals surface area contributed by atoms with E-state index in [0.717, 1.165) is 18.2 Å². The lowest BCUT2D eigenvalue weighted by atomic mass is 10.2. The quantitative estimate of drug-likeness (QED) is 0.573. The number of nitrogens with zero attached hydrogens (tertiary/aromatic N) is 1. The number of rotatable bonds is 4. The zero-order valence-electron chi connectivity index (χ0n) is 13.1. The molecule has 7 nitrogen and oxygen atoms in total. The van der Waals surface area contributed by atoms with Crippen molar-refractivity contribution in [3.63, 3.8) is 0 Å². The topological polar surface area (TPSA) is 93.5 Å². The van der Waals surface area contributed by atoms with Crippen LogP contribution in [-0.4, -0.2) is 18.1 Å². The summed E-state index contributed by atoms with van der Waals surface area (Å²) in [5.41, 5.74) is -1.38. The minimum Gasteiger partial charge on any atom is -0.494 e. The Kier molecular flexibility index (Phi) is 5.56. The van der Waals surface area contributed by atoms with Crippen LogP contribution < -0.4 is 15.4 Å². The molecule has 0 aromatic heterocycles. The summed E-state index contributed by atoms with van der Waals surface area (Å²) in [6, 6.07) is 5.50. The highest BCUT2D eigenvalue weighted by Gasteiger charge is 2.33. The number of halogens is 4. The second kappa shape index (κ2) is 7.48. The van der Waals surface area contributed by atoms with Gasteiger partial charge in [-0.3, -0.25) is 10.1 Å². The predicted octanol–water partition coefficient (Wildman–Crippen LogP) is 4.92. The molecule has 0 fully saturated rings.